The molecule has 1 heterocycles. The summed E-state index contributed by atoms with van der Waals surface area (Å²) in [6.07, 6.45) is 0. The molecule has 0 bridgehead atoms. The van der Waals surface area contributed by atoms with E-state index in [1.165, 1.54) is 21.8 Å². The number of methoxy groups -OCH3 is 1. The summed E-state index contributed by atoms with van der Waals surface area (Å²) in [5.74, 6) is 0.497. The second-order valence-electron chi connectivity index (χ2n) is 4.79. The number of benzene rings is 2. The first kappa shape index (κ1) is 17.0. The van der Waals surface area contributed by atoms with Crippen LogP contribution in [0.4, 0.5) is 5.69 Å². The summed E-state index contributed by atoms with van der Waals surface area (Å²) in [5.41, 5.74) is 1.98. The van der Waals surface area contributed by atoms with Gasteiger partial charge in [-0.1, -0.05) is 41.9 Å². The van der Waals surface area contributed by atoms with Gasteiger partial charge in [-0.3, -0.25) is 4.79 Å². The molecule has 0 radical (unpaired) electrons. The van der Waals surface area contributed by atoms with Crippen molar-refractivity contribution in [1.82, 2.24) is 0 Å². The molecule has 1 aliphatic heterocycles. The summed E-state index contributed by atoms with van der Waals surface area (Å²) >= 11 is 6.16. The Bertz CT molecular complexity index is 805. The number of rotatable bonds is 4. The molecule has 1 aliphatic rings. The van der Waals surface area contributed by atoms with Crippen LogP contribution in [0.25, 0.3) is 5.57 Å². The molecular weight excluding hydrogens is 364 g/mol. The number of amides is 1. The van der Waals surface area contributed by atoms with Gasteiger partial charge in [0, 0.05) is 5.69 Å². The van der Waals surface area contributed by atoms with Crippen molar-refractivity contribution in [2.24, 2.45) is 4.40 Å². The van der Waals surface area contributed by atoms with Gasteiger partial charge in [-0.2, -0.15) is 4.40 Å². The predicted molar refractivity (Wildman–Crippen MR) is 103 cm³/mol. The van der Waals surface area contributed by atoms with Crippen LogP contribution in [-0.4, -0.2) is 18.2 Å². The third kappa shape index (κ3) is 3.77. The van der Waals surface area contributed by atoms with Crippen LogP contribution in [0.1, 0.15) is 5.56 Å². The zero-order valence-electron chi connectivity index (χ0n) is 12.7. The molecule has 0 atom stereocenters. The molecule has 2 aromatic carbocycles. The fraction of sp³-hybridized carbons (Fsp3) is 0.0588. The highest BCUT2D eigenvalue weighted by molar-refractivity contribution is 8.78. The van der Waals surface area contributed by atoms with Gasteiger partial charge < -0.3 is 10.1 Å². The lowest BCUT2D eigenvalue weighted by molar-refractivity contribution is -0.111. The third-order valence-electron chi connectivity index (χ3n) is 3.29. The van der Waals surface area contributed by atoms with Crippen LogP contribution in [0.3, 0.4) is 0 Å². The quantitative estimate of drug-likeness (QED) is 0.464. The molecule has 4 nitrogen and oxygen atoms in total. The number of anilines is 1. The highest BCUT2D eigenvalue weighted by atomic mass is 35.5. The maximum absolute atomic E-state index is 12.9. The molecule has 0 unspecified atom stereocenters. The summed E-state index contributed by atoms with van der Waals surface area (Å²) < 4.78 is 9.21. The first-order valence-electron chi connectivity index (χ1n) is 7.01. The first-order chi connectivity index (χ1) is 11.7. The van der Waals surface area contributed by atoms with E-state index in [0.29, 0.717) is 21.3 Å². The van der Waals surface area contributed by atoms with E-state index < -0.39 is 0 Å². The van der Waals surface area contributed by atoms with Gasteiger partial charge in [-0.05, 0) is 40.6 Å². The average molecular weight is 377 g/mol. The Hall–Kier alpha value is -1.89. The molecule has 0 fully saturated rings. The average Bonchev–Trinajstić information content (AvgIpc) is 3.02. The van der Waals surface area contributed by atoms with E-state index in [-0.39, 0.29) is 5.91 Å². The number of nitrogens with zero attached hydrogens (tertiary/aromatic N) is 1. The lowest BCUT2D eigenvalue weighted by Crippen LogP contribution is -2.15. The van der Waals surface area contributed by atoms with Crippen LogP contribution in [0.5, 0.6) is 5.75 Å². The van der Waals surface area contributed by atoms with Gasteiger partial charge in [0.05, 0.1) is 28.6 Å². The van der Waals surface area contributed by atoms with Gasteiger partial charge in [0.25, 0.3) is 5.91 Å². The number of carbonyl (C=O) groups excluding carboxylic acids is 1. The molecule has 0 spiro atoms. The molecule has 0 saturated carbocycles. The molecule has 7 heteroatoms. The number of halogens is 1. The van der Waals surface area contributed by atoms with Gasteiger partial charge in [0.2, 0.25) is 0 Å². The molecule has 1 N–H and O–H groups in total. The Morgan fingerprint density at radius 1 is 1.12 bits per heavy atom. The van der Waals surface area contributed by atoms with E-state index in [2.05, 4.69) is 9.71 Å². The van der Waals surface area contributed by atoms with E-state index >= 15 is 0 Å². The van der Waals surface area contributed by atoms with Crippen LogP contribution >= 0.6 is 33.4 Å². The number of hydrogen-bond donors (Lipinski definition) is 1. The molecule has 24 heavy (non-hydrogen) atoms. The van der Waals surface area contributed by atoms with Crippen LogP contribution < -0.4 is 10.1 Å². The maximum atomic E-state index is 12.9. The Morgan fingerprint density at radius 3 is 2.42 bits per heavy atom. The van der Waals surface area contributed by atoms with Crippen molar-refractivity contribution < 1.29 is 9.53 Å². The molecular formula is C17H13ClN2O2S2. The minimum atomic E-state index is -0.232. The first-order valence-corrected chi connectivity index (χ1v) is 9.50. The van der Waals surface area contributed by atoms with Crippen molar-refractivity contribution in [3.05, 3.63) is 65.1 Å². The molecule has 2 aromatic rings. The topological polar surface area (TPSA) is 50.7 Å². The zero-order valence-corrected chi connectivity index (χ0v) is 15.0. The minimum Gasteiger partial charge on any atom is -0.497 e. The largest absolute Gasteiger partial charge is 0.497 e. The number of ether oxygens (including phenoxy) is 1. The molecule has 1 amide bonds. The van der Waals surface area contributed by atoms with Crippen LogP contribution in [-0.2, 0) is 4.79 Å². The Balaban J connectivity index is 1.94. The summed E-state index contributed by atoms with van der Waals surface area (Å²) in [5, 5.41) is 3.24. The van der Waals surface area contributed by atoms with Crippen molar-refractivity contribution in [3.63, 3.8) is 0 Å². The smallest absolute Gasteiger partial charge is 0.257 e. The molecule has 0 aliphatic carbocycles. The monoisotopic (exact) mass is 376 g/mol. The van der Waals surface area contributed by atoms with Gasteiger partial charge >= 0.3 is 0 Å². The van der Waals surface area contributed by atoms with E-state index in [9.17, 15) is 4.79 Å². The number of allylic oxidation sites excluding steroid dienone is 1. The van der Waals surface area contributed by atoms with Gasteiger partial charge in [0.1, 0.15) is 5.75 Å². The third-order valence-corrected chi connectivity index (χ3v) is 5.62. The lowest BCUT2D eigenvalue weighted by atomic mass is 10.0. The minimum absolute atomic E-state index is 0.232. The van der Waals surface area contributed by atoms with E-state index in [4.69, 9.17) is 16.3 Å². The normalized spacial score (nSPS) is 15.7. The van der Waals surface area contributed by atoms with Crippen molar-refractivity contribution in [1.29, 1.82) is 0 Å². The number of nitrogens with one attached hydrogen (secondary N) is 1. The molecule has 122 valence electrons. The van der Waals surface area contributed by atoms with Gasteiger partial charge in [-0.25, -0.2) is 0 Å². The van der Waals surface area contributed by atoms with Crippen molar-refractivity contribution in [3.8, 4) is 5.75 Å². The second kappa shape index (κ2) is 7.79. The Kier molecular flexibility index (Phi) is 5.50. The molecule has 3 rings (SSSR count). The summed E-state index contributed by atoms with van der Waals surface area (Å²) in [4.78, 5) is 13.5. The highest BCUT2D eigenvalue weighted by Gasteiger charge is 2.24. The SMILES string of the molecule is COc1ccc(NC(=O)/C(=C2\SSN=C2Cl)c2ccccc2)cc1. The fourth-order valence-corrected chi connectivity index (χ4v) is 4.50. The van der Waals surface area contributed by atoms with Crippen LogP contribution in [0, 0.1) is 0 Å². The van der Waals surface area contributed by atoms with Crippen molar-refractivity contribution >= 4 is 55.7 Å². The summed E-state index contributed by atoms with van der Waals surface area (Å²) in [7, 11) is 4.24. The van der Waals surface area contributed by atoms with Crippen LogP contribution in [0.2, 0.25) is 0 Å². The standard InChI is InChI=1S/C17H13ClN2O2S2/c1-22-13-9-7-12(8-10-13)19-17(21)14(11-5-3-2-4-6-11)15-16(18)20-24-23-15/h2-10H,1H3,(H,19,21)/b15-14-. The maximum Gasteiger partial charge on any atom is 0.257 e. The number of hydrogen-bond acceptors (Lipinski definition) is 5. The van der Waals surface area contributed by atoms with E-state index in [0.717, 1.165) is 11.3 Å². The predicted octanol–water partition coefficient (Wildman–Crippen LogP) is 4.99. The van der Waals surface area contributed by atoms with E-state index in [1.54, 1.807) is 31.4 Å². The van der Waals surface area contributed by atoms with Crippen molar-refractivity contribution in [2.45, 2.75) is 0 Å². The van der Waals surface area contributed by atoms with Gasteiger partial charge in [0.15, 0.2) is 5.17 Å². The number of carbonyl (C=O) groups is 1. The van der Waals surface area contributed by atoms with Gasteiger partial charge in [-0.15, -0.1) is 0 Å². The second-order valence-corrected chi connectivity index (χ2v) is 7.00. The van der Waals surface area contributed by atoms with Crippen LogP contribution in [0.15, 0.2) is 63.9 Å². The van der Waals surface area contributed by atoms with Crippen molar-refractivity contribution in [2.75, 3.05) is 12.4 Å². The molecule has 0 saturated heterocycles. The lowest BCUT2D eigenvalue weighted by Gasteiger charge is -2.12. The molecule has 0 aromatic heterocycles. The highest BCUT2D eigenvalue weighted by Crippen LogP contribution is 2.44. The fourth-order valence-electron chi connectivity index (χ4n) is 2.15. The Labute approximate surface area is 152 Å². The Morgan fingerprint density at radius 2 is 1.83 bits per heavy atom. The zero-order chi connectivity index (χ0) is 16.9. The summed E-state index contributed by atoms with van der Waals surface area (Å²) in [6, 6.07) is 16.6. The summed E-state index contributed by atoms with van der Waals surface area (Å²) in [6.45, 7) is 0. The van der Waals surface area contributed by atoms with E-state index in [1.807, 2.05) is 30.3 Å².